The number of likely N-dealkylation sites (N-methyl/N-ethyl adjacent to an activating group) is 1. The summed E-state index contributed by atoms with van der Waals surface area (Å²) in [7, 11) is 1.62. The van der Waals surface area contributed by atoms with Gasteiger partial charge in [0.2, 0.25) is 5.91 Å². The van der Waals surface area contributed by atoms with Crippen molar-refractivity contribution >= 4 is 11.5 Å². The smallest absolute Gasteiger partial charge is 0.246 e. The van der Waals surface area contributed by atoms with E-state index in [4.69, 9.17) is 4.74 Å². The van der Waals surface area contributed by atoms with Crippen LogP contribution in [0.2, 0.25) is 0 Å². The second kappa shape index (κ2) is 7.27. The zero-order valence-electron chi connectivity index (χ0n) is 13.5. The summed E-state index contributed by atoms with van der Waals surface area (Å²) in [5.41, 5.74) is 0.966. The Bertz CT molecular complexity index is 498. The van der Waals surface area contributed by atoms with Crippen LogP contribution in [-0.4, -0.2) is 41.7 Å². The number of carbonyl (C=O) groups is 1. The van der Waals surface area contributed by atoms with Gasteiger partial charge in [0.25, 0.3) is 0 Å². The third kappa shape index (κ3) is 5.60. The molecule has 0 atom stereocenters. The molecular weight excluding hydrogens is 266 g/mol. The maximum Gasteiger partial charge on any atom is 0.246 e. The van der Waals surface area contributed by atoms with Crippen LogP contribution < -0.4 is 4.74 Å². The second-order valence-electron chi connectivity index (χ2n) is 5.72. The first-order chi connectivity index (χ1) is 9.76. The zero-order valence-corrected chi connectivity index (χ0v) is 13.5. The maximum atomic E-state index is 12.3. The minimum absolute atomic E-state index is 0.0899. The van der Waals surface area contributed by atoms with Gasteiger partial charge < -0.3 is 14.7 Å². The molecule has 0 saturated carbocycles. The number of carbonyl (C=O) groups excluding carboxylic acids is 1. The van der Waals surface area contributed by atoms with Gasteiger partial charge in [0, 0.05) is 19.2 Å². The first kappa shape index (κ1) is 17.2. The highest BCUT2D eigenvalue weighted by Gasteiger charge is 2.20. The lowest BCUT2D eigenvalue weighted by molar-refractivity contribution is -0.128. The summed E-state index contributed by atoms with van der Waals surface area (Å²) < 4.78 is 5.12. The van der Waals surface area contributed by atoms with Crippen molar-refractivity contribution in [3.05, 3.63) is 35.9 Å². The summed E-state index contributed by atoms with van der Waals surface area (Å²) >= 11 is 0. The highest BCUT2D eigenvalue weighted by molar-refractivity contribution is 5.94. The van der Waals surface area contributed by atoms with Crippen molar-refractivity contribution in [2.75, 3.05) is 20.2 Å². The topological polar surface area (TPSA) is 49.8 Å². The van der Waals surface area contributed by atoms with Gasteiger partial charge in [-0.15, -0.1) is 0 Å². The summed E-state index contributed by atoms with van der Waals surface area (Å²) in [6, 6.07) is 7.57. The number of amides is 1. The van der Waals surface area contributed by atoms with Crippen LogP contribution in [0, 0.1) is 0 Å². The fourth-order valence-corrected chi connectivity index (χ4v) is 2.03. The lowest BCUT2D eigenvalue weighted by atomic mass is 10.1. The highest BCUT2D eigenvalue weighted by Crippen LogP contribution is 2.18. The van der Waals surface area contributed by atoms with Crippen molar-refractivity contribution in [3.8, 4) is 5.75 Å². The van der Waals surface area contributed by atoms with Crippen molar-refractivity contribution in [1.82, 2.24) is 4.90 Å². The Hall–Kier alpha value is -1.81. The van der Waals surface area contributed by atoms with E-state index < -0.39 is 5.60 Å². The van der Waals surface area contributed by atoms with Gasteiger partial charge in [-0.05, 0) is 51.0 Å². The molecule has 0 aromatic heterocycles. The van der Waals surface area contributed by atoms with Gasteiger partial charge in [-0.2, -0.15) is 0 Å². The van der Waals surface area contributed by atoms with Crippen LogP contribution in [0.4, 0.5) is 0 Å². The quantitative estimate of drug-likeness (QED) is 0.820. The van der Waals surface area contributed by atoms with Crippen molar-refractivity contribution in [3.63, 3.8) is 0 Å². The summed E-state index contributed by atoms with van der Waals surface area (Å²) in [4.78, 5) is 13.9. The third-order valence-electron chi connectivity index (χ3n) is 3.16. The van der Waals surface area contributed by atoms with Crippen LogP contribution >= 0.6 is 0 Å². The average Bonchev–Trinajstić information content (AvgIpc) is 2.43. The number of methoxy groups -OCH3 is 1. The fraction of sp³-hybridized carbons (Fsp3) is 0.471. The molecule has 116 valence electrons. The number of hydrogen-bond donors (Lipinski definition) is 1. The first-order valence-corrected chi connectivity index (χ1v) is 7.11. The molecule has 0 saturated heterocycles. The Kier molecular flexibility index (Phi) is 5.97. The lowest BCUT2D eigenvalue weighted by Crippen LogP contribution is -2.41. The maximum absolute atomic E-state index is 12.3. The highest BCUT2D eigenvalue weighted by atomic mass is 16.5. The van der Waals surface area contributed by atoms with Gasteiger partial charge in [0.1, 0.15) is 5.75 Å². The molecule has 1 N–H and O–H groups in total. The molecule has 1 aromatic rings. The summed E-state index contributed by atoms with van der Waals surface area (Å²) in [5, 5.41) is 9.85. The Morgan fingerprint density at radius 1 is 1.33 bits per heavy atom. The van der Waals surface area contributed by atoms with E-state index in [0.717, 1.165) is 16.9 Å². The molecule has 0 fully saturated rings. The Morgan fingerprint density at radius 3 is 2.33 bits per heavy atom. The molecule has 1 rings (SSSR count). The van der Waals surface area contributed by atoms with E-state index >= 15 is 0 Å². The monoisotopic (exact) mass is 291 g/mol. The Balaban J connectivity index is 2.85. The minimum Gasteiger partial charge on any atom is -0.497 e. The standard InChI is InChI=1S/C17H25NO3/c1-6-18(12-17(3,4)20)16(19)11-13(2)14-7-9-15(21-5)10-8-14/h7-11,20H,6,12H2,1-5H3. The second-order valence-corrected chi connectivity index (χ2v) is 5.72. The van der Waals surface area contributed by atoms with Gasteiger partial charge in [0.15, 0.2) is 0 Å². The molecule has 21 heavy (non-hydrogen) atoms. The fourth-order valence-electron chi connectivity index (χ4n) is 2.03. The van der Waals surface area contributed by atoms with E-state index in [1.807, 2.05) is 38.1 Å². The SMILES string of the molecule is CCN(CC(C)(C)O)C(=O)C=C(C)c1ccc(OC)cc1. The van der Waals surface area contributed by atoms with Gasteiger partial charge in [-0.1, -0.05) is 12.1 Å². The van der Waals surface area contributed by atoms with Crippen LogP contribution in [0.15, 0.2) is 30.3 Å². The largest absolute Gasteiger partial charge is 0.497 e. The number of aliphatic hydroxyl groups is 1. The predicted molar refractivity (Wildman–Crippen MR) is 85.2 cm³/mol. The van der Waals surface area contributed by atoms with Crippen molar-refractivity contribution < 1.29 is 14.6 Å². The van der Waals surface area contributed by atoms with E-state index in [9.17, 15) is 9.90 Å². The van der Waals surface area contributed by atoms with E-state index in [0.29, 0.717) is 13.1 Å². The van der Waals surface area contributed by atoms with Crippen LogP contribution in [0.1, 0.15) is 33.3 Å². The number of benzene rings is 1. The third-order valence-corrected chi connectivity index (χ3v) is 3.16. The van der Waals surface area contributed by atoms with Gasteiger partial charge >= 0.3 is 0 Å². The number of hydrogen-bond acceptors (Lipinski definition) is 3. The molecule has 1 amide bonds. The Morgan fingerprint density at radius 2 is 1.90 bits per heavy atom. The zero-order chi connectivity index (χ0) is 16.0. The van der Waals surface area contributed by atoms with Crippen LogP contribution in [-0.2, 0) is 4.79 Å². The lowest BCUT2D eigenvalue weighted by Gasteiger charge is -2.27. The van der Waals surface area contributed by atoms with Crippen molar-refractivity contribution in [2.45, 2.75) is 33.3 Å². The number of rotatable bonds is 6. The molecule has 0 aliphatic heterocycles. The average molecular weight is 291 g/mol. The summed E-state index contributed by atoms with van der Waals surface area (Å²) in [5.74, 6) is 0.697. The number of allylic oxidation sites excluding steroid dienone is 1. The first-order valence-electron chi connectivity index (χ1n) is 7.11. The molecule has 0 spiro atoms. The normalized spacial score (nSPS) is 12.2. The molecular formula is C17H25NO3. The summed E-state index contributed by atoms with van der Waals surface area (Å²) in [6.45, 7) is 8.08. The molecule has 4 heteroatoms. The van der Waals surface area contributed by atoms with E-state index in [1.165, 1.54) is 0 Å². The van der Waals surface area contributed by atoms with Crippen LogP contribution in [0.3, 0.4) is 0 Å². The van der Waals surface area contributed by atoms with Crippen molar-refractivity contribution in [1.29, 1.82) is 0 Å². The van der Waals surface area contributed by atoms with Crippen LogP contribution in [0.25, 0.3) is 5.57 Å². The Labute approximate surface area is 127 Å². The molecule has 0 aliphatic rings. The number of nitrogens with zero attached hydrogens (tertiary/aromatic N) is 1. The minimum atomic E-state index is -0.895. The molecule has 0 heterocycles. The van der Waals surface area contributed by atoms with Gasteiger partial charge in [-0.3, -0.25) is 4.79 Å². The molecule has 0 bridgehead atoms. The van der Waals surface area contributed by atoms with E-state index in [1.54, 1.807) is 31.9 Å². The molecule has 1 aromatic carbocycles. The molecule has 0 unspecified atom stereocenters. The summed E-state index contributed by atoms with van der Waals surface area (Å²) in [6.07, 6.45) is 1.61. The van der Waals surface area contributed by atoms with E-state index in [-0.39, 0.29) is 5.91 Å². The number of ether oxygens (including phenoxy) is 1. The van der Waals surface area contributed by atoms with E-state index in [2.05, 4.69) is 0 Å². The van der Waals surface area contributed by atoms with Crippen LogP contribution in [0.5, 0.6) is 5.75 Å². The molecule has 0 radical (unpaired) electrons. The van der Waals surface area contributed by atoms with Crippen molar-refractivity contribution in [2.24, 2.45) is 0 Å². The molecule has 0 aliphatic carbocycles. The predicted octanol–water partition coefficient (Wildman–Crippen LogP) is 2.72. The van der Waals surface area contributed by atoms with Gasteiger partial charge in [-0.25, -0.2) is 0 Å². The van der Waals surface area contributed by atoms with Gasteiger partial charge in [0.05, 0.1) is 12.7 Å². The molecule has 4 nitrogen and oxygen atoms in total.